The zero-order valence-electron chi connectivity index (χ0n) is 8.62. The first-order valence-electron chi connectivity index (χ1n) is 5.04. The molecule has 3 atom stereocenters. The molecule has 0 aliphatic carbocycles. The molecule has 1 amide bonds. The topological polar surface area (TPSA) is 69.6 Å². The average molecular weight is 230 g/mol. The van der Waals surface area contributed by atoms with Crippen molar-refractivity contribution in [3.05, 3.63) is 0 Å². The molecule has 0 aromatic heterocycles. The molecule has 2 aliphatic rings. The second-order valence-electron chi connectivity index (χ2n) is 4.20. The molecule has 2 saturated heterocycles. The van der Waals surface area contributed by atoms with Crippen molar-refractivity contribution >= 4 is 20.6 Å². The lowest BCUT2D eigenvalue weighted by molar-refractivity contribution is -0.140. The highest BCUT2D eigenvalue weighted by Gasteiger charge is 2.53. The molecule has 84 valence electrons. The number of carbonyl (C=O) groups excluding carboxylic acids is 1. The maximum atomic E-state index is 11.7. The minimum atomic E-state index is -0.805. The molecule has 5 nitrogen and oxygen atoms in total. The van der Waals surface area contributed by atoms with E-state index < -0.39 is 17.4 Å². The quantitative estimate of drug-likeness (QED) is 0.649. The van der Waals surface area contributed by atoms with Gasteiger partial charge in [0.2, 0.25) is 5.91 Å². The van der Waals surface area contributed by atoms with Crippen LogP contribution in [0.5, 0.6) is 0 Å². The summed E-state index contributed by atoms with van der Waals surface area (Å²) in [5.74, 6) is -0.768. The normalized spacial score (nSPS) is 36.9. The molecule has 15 heavy (non-hydrogen) atoms. The Morgan fingerprint density at radius 3 is 2.87 bits per heavy atom. The van der Waals surface area contributed by atoms with Gasteiger partial charge in [-0.1, -0.05) is 8.73 Å². The largest absolute Gasteiger partial charge is 0.480 e. The summed E-state index contributed by atoms with van der Waals surface area (Å²) < 4.78 is 1.91. The van der Waals surface area contributed by atoms with E-state index in [2.05, 4.69) is 5.32 Å². The van der Waals surface area contributed by atoms with Gasteiger partial charge in [0.1, 0.15) is 6.04 Å². The van der Waals surface area contributed by atoms with Gasteiger partial charge in [0.15, 0.2) is 0 Å². The number of carboxylic acid groups (broad SMARTS) is 1. The predicted molar refractivity (Wildman–Crippen MR) is 57.0 cm³/mol. The van der Waals surface area contributed by atoms with Gasteiger partial charge >= 0.3 is 5.97 Å². The van der Waals surface area contributed by atoms with E-state index >= 15 is 0 Å². The van der Waals surface area contributed by atoms with Crippen molar-refractivity contribution in [3.63, 3.8) is 0 Å². The average Bonchev–Trinajstić information content (AvgIpc) is 2.73. The number of hydrogen-bond donors (Lipinski definition) is 2. The van der Waals surface area contributed by atoms with Crippen LogP contribution in [0.3, 0.4) is 0 Å². The number of rotatable bonds is 2. The van der Waals surface area contributed by atoms with Crippen molar-refractivity contribution in [3.8, 4) is 0 Å². The molecule has 6 heteroatoms. The maximum absolute atomic E-state index is 11.7. The molecule has 0 saturated carbocycles. The lowest BCUT2D eigenvalue weighted by Crippen LogP contribution is -2.32. The van der Waals surface area contributed by atoms with Gasteiger partial charge in [-0.3, -0.25) is 14.3 Å². The van der Waals surface area contributed by atoms with E-state index in [-0.39, 0.29) is 5.91 Å². The van der Waals surface area contributed by atoms with Crippen LogP contribution in [0.15, 0.2) is 0 Å². The first kappa shape index (κ1) is 10.8. The standard InChI is InChI=1S/C9H15N2O3P/c1-15-11-5-9(2-3-10-8(9)14)4-6(11)7(12)13/h6,15H,2-5H2,1H3,(H,10,14)(H,12,13). The number of carbonyl (C=O) groups is 2. The summed E-state index contributed by atoms with van der Waals surface area (Å²) in [6.45, 7) is 3.25. The summed E-state index contributed by atoms with van der Waals surface area (Å²) in [4.78, 5) is 22.7. The molecule has 0 bridgehead atoms. The molecule has 2 N–H and O–H groups in total. The lowest BCUT2D eigenvalue weighted by atomic mass is 9.84. The first-order valence-corrected chi connectivity index (χ1v) is 6.49. The molecule has 1 spiro atoms. The van der Waals surface area contributed by atoms with Crippen LogP contribution in [-0.2, 0) is 9.59 Å². The van der Waals surface area contributed by atoms with Crippen LogP contribution < -0.4 is 5.32 Å². The van der Waals surface area contributed by atoms with Crippen LogP contribution in [0.1, 0.15) is 12.8 Å². The van der Waals surface area contributed by atoms with Gasteiger partial charge in [-0.15, -0.1) is 0 Å². The number of hydrogen-bond acceptors (Lipinski definition) is 3. The molecule has 2 aliphatic heterocycles. The van der Waals surface area contributed by atoms with Gasteiger partial charge in [0.25, 0.3) is 0 Å². The van der Waals surface area contributed by atoms with Gasteiger partial charge in [-0.25, -0.2) is 0 Å². The Labute approximate surface area is 90.0 Å². The molecule has 0 radical (unpaired) electrons. The number of nitrogens with one attached hydrogen (secondary N) is 1. The van der Waals surface area contributed by atoms with E-state index in [4.69, 9.17) is 5.11 Å². The Morgan fingerprint density at radius 2 is 2.47 bits per heavy atom. The fraction of sp³-hybridized carbons (Fsp3) is 0.778. The van der Waals surface area contributed by atoms with Crippen LogP contribution in [0.4, 0.5) is 0 Å². The third-order valence-electron chi connectivity index (χ3n) is 3.38. The van der Waals surface area contributed by atoms with Gasteiger partial charge in [0, 0.05) is 13.1 Å². The van der Waals surface area contributed by atoms with E-state index in [0.29, 0.717) is 28.2 Å². The van der Waals surface area contributed by atoms with Crippen molar-refractivity contribution in [1.82, 2.24) is 9.99 Å². The summed E-state index contributed by atoms with van der Waals surface area (Å²) in [5, 5.41) is 11.9. The van der Waals surface area contributed by atoms with Gasteiger partial charge in [-0.2, -0.15) is 0 Å². The van der Waals surface area contributed by atoms with Gasteiger partial charge in [0.05, 0.1) is 5.41 Å². The Bertz CT molecular complexity index is 310. The fourth-order valence-electron chi connectivity index (χ4n) is 2.50. The minimum Gasteiger partial charge on any atom is -0.480 e. The molecule has 0 aromatic rings. The number of carboxylic acids is 1. The second kappa shape index (κ2) is 3.72. The van der Waals surface area contributed by atoms with Crippen LogP contribution in [0, 0.1) is 5.41 Å². The van der Waals surface area contributed by atoms with Crippen molar-refractivity contribution in [1.29, 1.82) is 0 Å². The lowest BCUT2D eigenvalue weighted by Gasteiger charge is -2.19. The summed E-state index contributed by atoms with van der Waals surface area (Å²) >= 11 is 0. The SMILES string of the molecule is CPN1CC2(CCNC2=O)CC1C(=O)O. The third kappa shape index (κ3) is 1.64. The smallest absolute Gasteiger partial charge is 0.321 e. The molecule has 2 fully saturated rings. The highest BCUT2D eigenvalue weighted by atomic mass is 31.1. The van der Waals surface area contributed by atoms with Crippen LogP contribution in [-0.4, -0.2) is 47.4 Å². The molecule has 3 unspecified atom stereocenters. The third-order valence-corrected chi connectivity index (χ3v) is 4.42. The van der Waals surface area contributed by atoms with E-state index in [1.807, 2.05) is 11.3 Å². The number of aliphatic carboxylic acids is 1. The minimum absolute atomic E-state index is 0.0366. The number of nitrogens with zero attached hydrogens (tertiary/aromatic N) is 1. The van der Waals surface area contributed by atoms with E-state index in [1.54, 1.807) is 0 Å². The van der Waals surface area contributed by atoms with E-state index in [0.717, 1.165) is 6.42 Å². The van der Waals surface area contributed by atoms with Crippen molar-refractivity contribution in [2.24, 2.45) is 5.41 Å². The van der Waals surface area contributed by atoms with Gasteiger partial charge in [-0.05, 0) is 19.5 Å². The zero-order chi connectivity index (χ0) is 11.1. The molecule has 2 rings (SSSR count). The summed E-state index contributed by atoms with van der Waals surface area (Å²) in [5.41, 5.74) is -0.425. The highest BCUT2D eigenvalue weighted by Crippen LogP contribution is 2.44. The molecular formula is C9H15N2O3P. The summed E-state index contributed by atoms with van der Waals surface area (Å²) in [6.07, 6.45) is 1.24. The Balaban J connectivity index is 2.20. The monoisotopic (exact) mass is 230 g/mol. The van der Waals surface area contributed by atoms with E-state index in [1.165, 1.54) is 0 Å². The summed E-state index contributed by atoms with van der Waals surface area (Å²) in [7, 11) is 0.447. The van der Waals surface area contributed by atoms with Crippen LogP contribution in [0.2, 0.25) is 0 Å². The molecule has 2 heterocycles. The zero-order valence-corrected chi connectivity index (χ0v) is 9.62. The highest BCUT2D eigenvalue weighted by molar-refractivity contribution is 7.34. The Morgan fingerprint density at radius 1 is 1.73 bits per heavy atom. The second-order valence-corrected chi connectivity index (χ2v) is 5.22. The predicted octanol–water partition coefficient (Wildman–Crippen LogP) is -0.125. The van der Waals surface area contributed by atoms with Crippen LogP contribution in [0.25, 0.3) is 0 Å². The summed E-state index contributed by atoms with van der Waals surface area (Å²) in [6, 6.07) is -0.475. The van der Waals surface area contributed by atoms with Crippen molar-refractivity contribution in [2.75, 3.05) is 19.8 Å². The molecular weight excluding hydrogens is 215 g/mol. The van der Waals surface area contributed by atoms with Crippen LogP contribution >= 0.6 is 8.73 Å². The fourth-order valence-corrected chi connectivity index (χ4v) is 3.47. The first-order chi connectivity index (χ1) is 7.09. The van der Waals surface area contributed by atoms with E-state index in [9.17, 15) is 9.59 Å². The Kier molecular flexibility index (Phi) is 2.69. The number of amides is 1. The molecule has 0 aromatic carbocycles. The van der Waals surface area contributed by atoms with Crippen molar-refractivity contribution in [2.45, 2.75) is 18.9 Å². The van der Waals surface area contributed by atoms with Crippen molar-refractivity contribution < 1.29 is 14.7 Å². The maximum Gasteiger partial charge on any atom is 0.321 e. The van der Waals surface area contributed by atoms with Gasteiger partial charge < -0.3 is 10.4 Å². The Hall–Kier alpha value is -0.670.